The van der Waals surface area contributed by atoms with Crippen LogP contribution in [0.5, 0.6) is 11.6 Å². The van der Waals surface area contributed by atoms with Crippen LogP contribution in [0.2, 0.25) is 0 Å². The second-order valence-corrected chi connectivity index (χ2v) is 4.96. The molecule has 0 spiro atoms. The number of pyridine rings is 1. The molecule has 1 aliphatic heterocycles. The standard InChI is InChI=1S/C15H18N4O.2ClH/c1-11-13(3-2-6-17-11)20-15-14(18-9-10-19-15)12-4-7-16-8-5-12;;/h2-3,6,9-10,12,16H,4-5,7-8H2,1H3;2*1H. The van der Waals surface area contributed by atoms with E-state index in [2.05, 4.69) is 20.3 Å². The molecule has 0 amide bonds. The highest BCUT2D eigenvalue weighted by Crippen LogP contribution is 2.32. The molecule has 1 fully saturated rings. The van der Waals surface area contributed by atoms with E-state index in [9.17, 15) is 0 Å². The molecular formula is C15H20Cl2N4O. The lowest BCUT2D eigenvalue weighted by molar-refractivity contribution is 0.407. The van der Waals surface area contributed by atoms with Crippen LogP contribution in [0.4, 0.5) is 0 Å². The first-order valence-electron chi connectivity index (χ1n) is 6.95. The van der Waals surface area contributed by atoms with Gasteiger partial charge >= 0.3 is 0 Å². The van der Waals surface area contributed by atoms with Gasteiger partial charge in [-0.1, -0.05) is 0 Å². The lowest BCUT2D eigenvalue weighted by atomic mass is 9.94. The summed E-state index contributed by atoms with van der Waals surface area (Å²) in [6.45, 7) is 3.97. The number of rotatable bonds is 3. The molecule has 0 aromatic carbocycles. The van der Waals surface area contributed by atoms with Crippen LogP contribution in [-0.4, -0.2) is 28.0 Å². The zero-order valence-electron chi connectivity index (χ0n) is 12.4. The van der Waals surface area contributed by atoms with Crippen molar-refractivity contribution < 1.29 is 4.74 Å². The van der Waals surface area contributed by atoms with Crippen molar-refractivity contribution in [2.45, 2.75) is 25.7 Å². The summed E-state index contributed by atoms with van der Waals surface area (Å²) in [5.74, 6) is 1.76. The van der Waals surface area contributed by atoms with Crippen molar-refractivity contribution in [1.29, 1.82) is 0 Å². The molecule has 5 nitrogen and oxygen atoms in total. The first kappa shape index (κ1) is 18.6. The van der Waals surface area contributed by atoms with Crippen LogP contribution in [0.15, 0.2) is 30.7 Å². The second kappa shape index (κ2) is 8.88. The van der Waals surface area contributed by atoms with Gasteiger partial charge in [0.15, 0.2) is 5.75 Å². The Balaban J connectivity index is 0.00000121. The molecule has 2 aromatic heterocycles. The number of hydrogen-bond acceptors (Lipinski definition) is 5. The predicted molar refractivity (Wildman–Crippen MR) is 90.4 cm³/mol. The van der Waals surface area contributed by atoms with Crippen LogP contribution in [0, 0.1) is 6.92 Å². The van der Waals surface area contributed by atoms with Crippen LogP contribution in [0.25, 0.3) is 0 Å². The number of halogens is 2. The van der Waals surface area contributed by atoms with E-state index in [1.165, 1.54) is 0 Å². The molecule has 120 valence electrons. The molecule has 1 N–H and O–H groups in total. The monoisotopic (exact) mass is 342 g/mol. The highest BCUT2D eigenvalue weighted by molar-refractivity contribution is 5.85. The van der Waals surface area contributed by atoms with Crippen LogP contribution < -0.4 is 10.1 Å². The van der Waals surface area contributed by atoms with E-state index >= 15 is 0 Å². The van der Waals surface area contributed by atoms with E-state index in [0.29, 0.717) is 11.8 Å². The van der Waals surface area contributed by atoms with Gasteiger partial charge in [-0.3, -0.25) is 9.97 Å². The first-order chi connectivity index (χ1) is 9.84. The van der Waals surface area contributed by atoms with Gasteiger partial charge < -0.3 is 10.1 Å². The van der Waals surface area contributed by atoms with E-state index < -0.39 is 0 Å². The van der Waals surface area contributed by atoms with Gasteiger partial charge in [0.2, 0.25) is 5.88 Å². The number of nitrogens with one attached hydrogen (secondary N) is 1. The smallest absolute Gasteiger partial charge is 0.241 e. The summed E-state index contributed by atoms with van der Waals surface area (Å²) < 4.78 is 5.94. The Hall–Kier alpha value is -1.43. The van der Waals surface area contributed by atoms with Crippen molar-refractivity contribution in [1.82, 2.24) is 20.3 Å². The Morgan fingerprint density at radius 1 is 1.05 bits per heavy atom. The summed E-state index contributed by atoms with van der Waals surface area (Å²) in [7, 11) is 0. The number of aromatic nitrogens is 3. The van der Waals surface area contributed by atoms with Crippen molar-refractivity contribution >= 4 is 24.8 Å². The van der Waals surface area contributed by atoms with Crippen LogP contribution in [-0.2, 0) is 0 Å². The third-order valence-electron chi connectivity index (χ3n) is 3.58. The number of aryl methyl sites for hydroxylation is 1. The fourth-order valence-corrected chi connectivity index (χ4v) is 2.47. The zero-order chi connectivity index (χ0) is 13.8. The molecule has 0 bridgehead atoms. The molecule has 22 heavy (non-hydrogen) atoms. The molecule has 2 aromatic rings. The summed E-state index contributed by atoms with van der Waals surface area (Å²) in [5.41, 5.74) is 1.81. The Morgan fingerprint density at radius 2 is 1.77 bits per heavy atom. The van der Waals surface area contributed by atoms with Crippen molar-refractivity contribution in [3.05, 3.63) is 42.1 Å². The molecule has 7 heteroatoms. The lowest BCUT2D eigenvalue weighted by Gasteiger charge is -2.23. The van der Waals surface area contributed by atoms with E-state index in [4.69, 9.17) is 4.74 Å². The topological polar surface area (TPSA) is 59.9 Å². The van der Waals surface area contributed by atoms with Gasteiger partial charge in [-0.05, 0) is 45.0 Å². The number of ether oxygens (including phenoxy) is 1. The van der Waals surface area contributed by atoms with Gasteiger partial charge in [0.1, 0.15) is 5.69 Å². The van der Waals surface area contributed by atoms with Crippen LogP contribution in [0.3, 0.4) is 0 Å². The maximum atomic E-state index is 5.94. The SMILES string of the molecule is Cc1ncccc1Oc1nccnc1C1CCNCC1.Cl.Cl. The quantitative estimate of drug-likeness (QED) is 0.927. The lowest BCUT2D eigenvalue weighted by Crippen LogP contribution is -2.27. The van der Waals surface area contributed by atoms with Gasteiger partial charge in [0, 0.05) is 24.5 Å². The van der Waals surface area contributed by atoms with Crippen LogP contribution >= 0.6 is 24.8 Å². The number of nitrogens with zero attached hydrogens (tertiary/aromatic N) is 3. The maximum absolute atomic E-state index is 5.94. The van der Waals surface area contributed by atoms with Crippen molar-refractivity contribution in [3.63, 3.8) is 0 Å². The number of piperidine rings is 1. The second-order valence-electron chi connectivity index (χ2n) is 4.96. The molecule has 1 saturated heterocycles. The van der Waals surface area contributed by atoms with Gasteiger partial charge in [-0.15, -0.1) is 24.8 Å². The molecule has 0 aliphatic carbocycles. The maximum Gasteiger partial charge on any atom is 0.241 e. The molecular weight excluding hydrogens is 323 g/mol. The highest BCUT2D eigenvalue weighted by atomic mass is 35.5. The largest absolute Gasteiger partial charge is 0.435 e. The highest BCUT2D eigenvalue weighted by Gasteiger charge is 2.21. The van der Waals surface area contributed by atoms with Gasteiger partial charge in [-0.25, -0.2) is 4.98 Å². The summed E-state index contributed by atoms with van der Waals surface area (Å²) in [4.78, 5) is 13.1. The minimum absolute atomic E-state index is 0. The zero-order valence-corrected chi connectivity index (χ0v) is 14.0. The molecule has 1 aliphatic rings. The average molecular weight is 343 g/mol. The van der Waals surface area contributed by atoms with E-state index in [1.807, 2.05) is 19.1 Å². The van der Waals surface area contributed by atoms with Gasteiger partial charge in [0.25, 0.3) is 0 Å². The average Bonchev–Trinajstić information content (AvgIpc) is 2.51. The number of hydrogen-bond donors (Lipinski definition) is 1. The third-order valence-corrected chi connectivity index (χ3v) is 3.58. The van der Waals surface area contributed by atoms with Crippen molar-refractivity contribution in [2.75, 3.05) is 13.1 Å². The van der Waals surface area contributed by atoms with Crippen LogP contribution in [0.1, 0.15) is 30.1 Å². The molecule has 0 unspecified atom stereocenters. The molecule has 0 atom stereocenters. The summed E-state index contributed by atoms with van der Waals surface area (Å²) in [6, 6.07) is 3.77. The Kier molecular flexibility index (Phi) is 7.51. The van der Waals surface area contributed by atoms with Gasteiger partial charge in [0.05, 0.1) is 5.69 Å². The van der Waals surface area contributed by atoms with Gasteiger partial charge in [-0.2, -0.15) is 0 Å². The molecule has 0 radical (unpaired) electrons. The summed E-state index contributed by atoms with van der Waals surface area (Å²) in [6.07, 6.45) is 7.31. The molecule has 3 heterocycles. The fraction of sp³-hybridized carbons (Fsp3) is 0.400. The Labute approximate surface area is 142 Å². The van der Waals surface area contributed by atoms with E-state index in [1.54, 1.807) is 18.6 Å². The normalized spacial score (nSPS) is 14.6. The van der Waals surface area contributed by atoms with E-state index in [0.717, 1.165) is 43.1 Å². The van der Waals surface area contributed by atoms with Crippen molar-refractivity contribution in [3.8, 4) is 11.6 Å². The summed E-state index contributed by atoms with van der Waals surface area (Å²) >= 11 is 0. The molecule has 0 saturated carbocycles. The predicted octanol–water partition coefficient (Wildman–Crippen LogP) is 3.28. The minimum Gasteiger partial charge on any atom is -0.435 e. The van der Waals surface area contributed by atoms with Crippen molar-refractivity contribution in [2.24, 2.45) is 0 Å². The minimum atomic E-state index is 0. The van der Waals surface area contributed by atoms with E-state index in [-0.39, 0.29) is 24.8 Å². The Morgan fingerprint density at radius 3 is 2.50 bits per heavy atom. The third kappa shape index (κ3) is 4.29. The fourth-order valence-electron chi connectivity index (χ4n) is 2.47. The Bertz CT molecular complexity index is 591. The first-order valence-corrected chi connectivity index (χ1v) is 6.95. The summed E-state index contributed by atoms with van der Waals surface area (Å²) in [5, 5.41) is 3.36. The molecule has 3 rings (SSSR count).